The quantitative estimate of drug-likeness (QED) is 0.579. The summed E-state index contributed by atoms with van der Waals surface area (Å²) in [5.74, 6) is 7.53. The molecule has 0 saturated carbocycles. The Labute approximate surface area is 126 Å². The first-order chi connectivity index (χ1) is 10.2. The summed E-state index contributed by atoms with van der Waals surface area (Å²) in [7, 11) is 0. The third-order valence-corrected chi connectivity index (χ3v) is 3.39. The highest BCUT2D eigenvalue weighted by molar-refractivity contribution is 5.27. The topological polar surface area (TPSA) is 65.1 Å². The van der Waals surface area contributed by atoms with Crippen LogP contribution in [0, 0.1) is 6.92 Å². The molecule has 0 aliphatic rings. The van der Waals surface area contributed by atoms with Crippen LogP contribution in [0.5, 0.6) is 5.75 Å². The molecule has 0 fully saturated rings. The predicted octanol–water partition coefficient (Wildman–Crippen LogP) is 2.58. The van der Waals surface area contributed by atoms with Crippen molar-refractivity contribution in [2.75, 3.05) is 6.61 Å². The molecule has 1 atom stereocenters. The van der Waals surface area contributed by atoms with E-state index in [2.05, 4.69) is 34.9 Å². The van der Waals surface area contributed by atoms with E-state index in [1.54, 1.807) is 0 Å². The minimum Gasteiger partial charge on any atom is -0.494 e. The lowest BCUT2D eigenvalue weighted by molar-refractivity contribution is 0.281. The molecule has 21 heavy (non-hydrogen) atoms. The molecule has 0 bridgehead atoms. The molecule has 0 spiro atoms. The Morgan fingerprint density at radius 1 is 1.43 bits per heavy atom. The summed E-state index contributed by atoms with van der Waals surface area (Å²) in [5, 5.41) is 0. The number of ether oxygens (including phenoxy) is 1. The summed E-state index contributed by atoms with van der Waals surface area (Å²) in [5.41, 5.74) is 4.03. The number of rotatable bonds is 8. The van der Waals surface area contributed by atoms with Gasteiger partial charge in [0.15, 0.2) is 0 Å². The Balaban J connectivity index is 1.92. The van der Waals surface area contributed by atoms with Gasteiger partial charge in [0.05, 0.1) is 12.6 Å². The van der Waals surface area contributed by atoms with Gasteiger partial charge in [-0.3, -0.25) is 5.84 Å². The molecule has 0 saturated heterocycles. The van der Waals surface area contributed by atoms with E-state index in [1.165, 1.54) is 5.56 Å². The fraction of sp³-hybridized carbons (Fsp3) is 0.438. The zero-order valence-corrected chi connectivity index (χ0v) is 12.7. The molecule has 2 rings (SSSR count). The summed E-state index contributed by atoms with van der Waals surface area (Å²) in [4.78, 5) is 4.41. The number of nitrogens with one attached hydrogen (secondary N) is 1. The molecule has 5 nitrogen and oxygen atoms in total. The number of hydrogen-bond acceptors (Lipinski definition) is 4. The number of benzene rings is 1. The monoisotopic (exact) mass is 288 g/mol. The number of aromatic nitrogens is 2. The van der Waals surface area contributed by atoms with Crippen molar-refractivity contribution in [3.8, 4) is 5.75 Å². The molecule has 1 unspecified atom stereocenters. The minimum absolute atomic E-state index is 0.00337. The maximum Gasteiger partial charge on any atom is 0.127 e. The van der Waals surface area contributed by atoms with E-state index in [4.69, 9.17) is 10.6 Å². The van der Waals surface area contributed by atoms with E-state index in [9.17, 15) is 0 Å². The summed E-state index contributed by atoms with van der Waals surface area (Å²) in [6, 6.07) is 8.05. The normalized spacial score (nSPS) is 12.3. The average Bonchev–Trinajstić information content (AvgIpc) is 2.92. The summed E-state index contributed by atoms with van der Waals surface area (Å²) < 4.78 is 7.92. The lowest BCUT2D eigenvalue weighted by atomic mass is 10.2. The molecule has 0 radical (unpaired) electrons. The fourth-order valence-corrected chi connectivity index (χ4v) is 2.35. The zero-order valence-electron chi connectivity index (χ0n) is 12.7. The van der Waals surface area contributed by atoms with Gasteiger partial charge in [0.2, 0.25) is 0 Å². The molecule has 1 aromatic heterocycles. The van der Waals surface area contributed by atoms with E-state index >= 15 is 0 Å². The molecule has 3 N–H and O–H groups in total. The lowest BCUT2D eigenvalue weighted by Gasteiger charge is -2.17. The molecule has 114 valence electrons. The van der Waals surface area contributed by atoms with Crippen molar-refractivity contribution in [1.29, 1.82) is 0 Å². The number of hydrazine groups is 1. The fourth-order valence-electron chi connectivity index (χ4n) is 2.35. The van der Waals surface area contributed by atoms with Crippen molar-refractivity contribution in [2.45, 2.75) is 39.3 Å². The van der Waals surface area contributed by atoms with Crippen molar-refractivity contribution in [3.05, 3.63) is 48.0 Å². The van der Waals surface area contributed by atoms with Gasteiger partial charge in [0.1, 0.15) is 11.6 Å². The first kappa shape index (κ1) is 15.5. The SMILES string of the molecule is CCCn1ccnc1C(CCOc1cccc(C)c1)NN. The second kappa shape index (κ2) is 7.81. The second-order valence-corrected chi connectivity index (χ2v) is 5.15. The Kier molecular flexibility index (Phi) is 5.78. The Morgan fingerprint density at radius 2 is 2.29 bits per heavy atom. The van der Waals surface area contributed by atoms with Gasteiger partial charge in [-0.1, -0.05) is 19.1 Å². The van der Waals surface area contributed by atoms with Crippen molar-refractivity contribution >= 4 is 0 Å². The molecule has 0 amide bonds. The van der Waals surface area contributed by atoms with Crippen molar-refractivity contribution in [3.63, 3.8) is 0 Å². The van der Waals surface area contributed by atoms with Gasteiger partial charge in [-0.15, -0.1) is 0 Å². The van der Waals surface area contributed by atoms with Crippen molar-refractivity contribution < 1.29 is 4.74 Å². The first-order valence-corrected chi connectivity index (χ1v) is 7.41. The predicted molar refractivity (Wildman–Crippen MR) is 83.9 cm³/mol. The summed E-state index contributed by atoms with van der Waals surface area (Å²) >= 11 is 0. The van der Waals surface area contributed by atoms with Crippen LogP contribution in [-0.2, 0) is 6.54 Å². The standard InChI is InChI=1S/C16H24N4O/c1-3-9-20-10-8-18-16(20)15(19-17)7-11-21-14-6-4-5-13(2)12-14/h4-6,8,10,12,15,19H,3,7,9,11,17H2,1-2H3. The minimum atomic E-state index is -0.00337. The summed E-state index contributed by atoms with van der Waals surface area (Å²) in [6.07, 6.45) is 5.65. The highest BCUT2D eigenvalue weighted by Gasteiger charge is 2.15. The largest absolute Gasteiger partial charge is 0.494 e. The number of hydrogen-bond donors (Lipinski definition) is 2. The Bertz CT molecular complexity index is 553. The molecule has 1 aromatic carbocycles. The van der Waals surface area contributed by atoms with Gasteiger partial charge in [-0.25, -0.2) is 10.4 Å². The van der Waals surface area contributed by atoms with Gasteiger partial charge in [-0.05, 0) is 31.0 Å². The third-order valence-electron chi connectivity index (χ3n) is 3.39. The van der Waals surface area contributed by atoms with Crippen LogP contribution in [0.25, 0.3) is 0 Å². The Hall–Kier alpha value is -1.85. The maximum absolute atomic E-state index is 5.78. The third kappa shape index (κ3) is 4.31. The van der Waals surface area contributed by atoms with Crippen LogP contribution in [0.4, 0.5) is 0 Å². The Morgan fingerprint density at radius 3 is 3.00 bits per heavy atom. The van der Waals surface area contributed by atoms with Crippen LogP contribution in [0.15, 0.2) is 36.7 Å². The first-order valence-electron chi connectivity index (χ1n) is 7.41. The van der Waals surface area contributed by atoms with Crippen molar-refractivity contribution in [1.82, 2.24) is 15.0 Å². The van der Waals surface area contributed by atoms with E-state index in [-0.39, 0.29) is 6.04 Å². The molecule has 0 aliphatic carbocycles. The van der Waals surface area contributed by atoms with E-state index in [0.717, 1.165) is 31.0 Å². The maximum atomic E-state index is 5.78. The number of aryl methyl sites for hydroxylation is 2. The number of nitrogens with zero attached hydrogens (tertiary/aromatic N) is 2. The van der Waals surface area contributed by atoms with Gasteiger partial charge < -0.3 is 9.30 Å². The van der Waals surface area contributed by atoms with Gasteiger partial charge in [-0.2, -0.15) is 0 Å². The van der Waals surface area contributed by atoms with Gasteiger partial charge in [0, 0.05) is 25.4 Å². The van der Waals surface area contributed by atoms with Gasteiger partial charge >= 0.3 is 0 Å². The number of imidazole rings is 1. The molecule has 1 heterocycles. The van der Waals surface area contributed by atoms with Crippen molar-refractivity contribution in [2.24, 2.45) is 5.84 Å². The summed E-state index contributed by atoms with van der Waals surface area (Å²) in [6.45, 7) is 5.75. The molecular formula is C16H24N4O. The van der Waals surface area contributed by atoms with E-state index in [1.807, 2.05) is 30.6 Å². The molecule has 2 aromatic rings. The van der Waals surface area contributed by atoms with E-state index in [0.29, 0.717) is 6.61 Å². The van der Waals surface area contributed by atoms with Crippen LogP contribution < -0.4 is 16.0 Å². The van der Waals surface area contributed by atoms with Crippen LogP contribution in [0.2, 0.25) is 0 Å². The van der Waals surface area contributed by atoms with Crippen LogP contribution >= 0.6 is 0 Å². The highest BCUT2D eigenvalue weighted by Crippen LogP contribution is 2.17. The second-order valence-electron chi connectivity index (χ2n) is 5.15. The lowest BCUT2D eigenvalue weighted by Crippen LogP contribution is -2.31. The zero-order chi connectivity index (χ0) is 15.1. The highest BCUT2D eigenvalue weighted by atomic mass is 16.5. The smallest absolute Gasteiger partial charge is 0.127 e. The average molecular weight is 288 g/mol. The van der Waals surface area contributed by atoms with Gasteiger partial charge in [0.25, 0.3) is 0 Å². The van der Waals surface area contributed by atoms with Crippen LogP contribution in [0.3, 0.4) is 0 Å². The van der Waals surface area contributed by atoms with E-state index < -0.39 is 0 Å². The van der Waals surface area contributed by atoms with Crippen LogP contribution in [-0.4, -0.2) is 16.2 Å². The molecule has 0 aliphatic heterocycles. The molecular weight excluding hydrogens is 264 g/mol. The molecule has 5 heteroatoms. The van der Waals surface area contributed by atoms with Crippen LogP contribution in [0.1, 0.15) is 37.2 Å². The number of nitrogens with two attached hydrogens (primary N) is 1.